The summed E-state index contributed by atoms with van der Waals surface area (Å²) in [5, 5.41) is 2.94. The molecule has 1 aliphatic rings. The van der Waals surface area contributed by atoms with Crippen LogP contribution < -0.4 is 5.32 Å². The van der Waals surface area contributed by atoms with E-state index in [1.807, 2.05) is 12.3 Å². The number of nitrogens with zero attached hydrogens (tertiary/aromatic N) is 1. The first kappa shape index (κ1) is 9.65. The van der Waals surface area contributed by atoms with E-state index in [1.54, 1.807) is 6.20 Å². The van der Waals surface area contributed by atoms with Gasteiger partial charge in [-0.1, -0.05) is 0 Å². The molecule has 0 radical (unpaired) electrons. The van der Waals surface area contributed by atoms with Crippen LogP contribution in [0.3, 0.4) is 0 Å². The Balaban J connectivity index is 2.00. The number of hydrogen-bond donors (Lipinski definition) is 1. The standard InChI is InChI=1S/C10H11BrN2O/c11-8-3-7(5-12-6-8)4-9-1-2-10(14)13-9/h3,5-6,9H,1-2,4H2,(H,13,14). The summed E-state index contributed by atoms with van der Waals surface area (Å²) in [4.78, 5) is 15.1. The van der Waals surface area contributed by atoms with E-state index < -0.39 is 0 Å². The van der Waals surface area contributed by atoms with Gasteiger partial charge in [0.05, 0.1) is 0 Å². The number of rotatable bonds is 2. The Labute approximate surface area is 91.0 Å². The van der Waals surface area contributed by atoms with Crippen LogP contribution in [0.2, 0.25) is 0 Å². The summed E-state index contributed by atoms with van der Waals surface area (Å²) in [6.45, 7) is 0. The normalized spacial score (nSPS) is 20.9. The molecule has 0 spiro atoms. The fourth-order valence-corrected chi connectivity index (χ4v) is 2.09. The first-order valence-electron chi connectivity index (χ1n) is 4.63. The Bertz CT molecular complexity index is 354. The predicted molar refractivity (Wildman–Crippen MR) is 56.8 cm³/mol. The molecule has 0 aliphatic carbocycles. The SMILES string of the molecule is O=C1CCC(Cc2cncc(Br)c2)N1. The van der Waals surface area contributed by atoms with Crippen LogP contribution in [0.1, 0.15) is 18.4 Å². The smallest absolute Gasteiger partial charge is 0.220 e. The molecule has 1 unspecified atom stereocenters. The van der Waals surface area contributed by atoms with Crippen molar-refractivity contribution < 1.29 is 4.79 Å². The molecule has 2 rings (SSSR count). The second kappa shape index (κ2) is 4.09. The number of aromatic nitrogens is 1. The van der Waals surface area contributed by atoms with Gasteiger partial charge >= 0.3 is 0 Å². The third-order valence-electron chi connectivity index (χ3n) is 2.33. The zero-order valence-corrected chi connectivity index (χ0v) is 9.25. The van der Waals surface area contributed by atoms with Gasteiger partial charge in [-0.25, -0.2) is 0 Å². The van der Waals surface area contributed by atoms with E-state index in [2.05, 4.69) is 26.2 Å². The maximum Gasteiger partial charge on any atom is 0.220 e. The highest BCUT2D eigenvalue weighted by Crippen LogP contribution is 2.15. The van der Waals surface area contributed by atoms with E-state index in [4.69, 9.17) is 0 Å². The Morgan fingerprint density at radius 1 is 1.57 bits per heavy atom. The van der Waals surface area contributed by atoms with Gasteiger partial charge in [-0.05, 0) is 40.4 Å². The van der Waals surface area contributed by atoms with E-state index in [9.17, 15) is 4.79 Å². The van der Waals surface area contributed by atoms with Crippen LogP contribution in [0.5, 0.6) is 0 Å². The van der Waals surface area contributed by atoms with Crippen molar-refractivity contribution in [2.75, 3.05) is 0 Å². The van der Waals surface area contributed by atoms with Crippen molar-refractivity contribution >= 4 is 21.8 Å². The molecule has 3 nitrogen and oxygen atoms in total. The molecule has 4 heteroatoms. The molecule has 1 aromatic rings. The lowest BCUT2D eigenvalue weighted by Crippen LogP contribution is -2.27. The zero-order valence-electron chi connectivity index (χ0n) is 7.66. The lowest BCUT2D eigenvalue weighted by atomic mass is 10.1. The molecule has 0 saturated carbocycles. The second-order valence-electron chi connectivity index (χ2n) is 3.52. The lowest BCUT2D eigenvalue weighted by Gasteiger charge is -2.09. The molecule has 0 bridgehead atoms. The second-order valence-corrected chi connectivity index (χ2v) is 4.43. The molecule has 1 aliphatic heterocycles. The van der Waals surface area contributed by atoms with Gasteiger partial charge in [0.25, 0.3) is 0 Å². The van der Waals surface area contributed by atoms with Crippen molar-refractivity contribution in [2.45, 2.75) is 25.3 Å². The molecule has 0 aromatic carbocycles. The summed E-state index contributed by atoms with van der Waals surface area (Å²) in [6.07, 6.45) is 6.07. The van der Waals surface area contributed by atoms with Gasteiger partial charge in [0.15, 0.2) is 0 Å². The van der Waals surface area contributed by atoms with Gasteiger partial charge in [-0.15, -0.1) is 0 Å². The fraction of sp³-hybridized carbons (Fsp3) is 0.400. The number of nitrogens with one attached hydrogen (secondary N) is 1. The van der Waals surface area contributed by atoms with Crippen LogP contribution in [-0.4, -0.2) is 16.9 Å². The third kappa shape index (κ3) is 2.32. The fourth-order valence-electron chi connectivity index (χ4n) is 1.68. The van der Waals surface area contributed by atoms with E-state index in [0.717, 1.165) is 22.9 Å². The minimum atomic E-state index is 0.165. The summed E-state index contributed by atoms with van der Waals surface area (Å²) < 4.78 is 0.985. The van der Waals surface area contributed by atoms with E-state index in [-0.39, 0.29) is 5.91 Å². The number of carbonyl (C=O) groups is 1. The highest BCUT2D eigenvalue weighted by Gasteiger charge is 2.20. The molecule has 14 heavy (non-hydrogen) atoms. The van der Waals surface area contributed by atoms with Gasteiger partial charge in [-0.2, -0.15) is 0 Å². The van der Waals surface area contributed by atoms with Crippen molar-refractivity contribution in [3.05, 3.63) is 28.5 Å². The summed E-state index contributed by atoms with van der Waals surface area (Å²) in [5.74, 6) is 0.165. The molecule has 74 valence electrons. The number of amides is 1. The number of carbonyl (C=O) groups excluding carboxylic acids is 1. The van der Waals surface area contributed by atoms with E-state index >= 15 is 0 Å². The zero-order chi connectivity index (χ0) is 9.97. The Hall–Kier alpha value is -0.900. The average Bonchev–Trinajstić information content (AvgIpc) is 2.51. The van der Waals surface area contributed by atoms with Crippen molar-refractivity contribution in [1.29, 1.82) is 0 Å². The Morgan fingerprint density at radius 3 is 3.07 bits per heavy atom. The van der Waals surface area contributed by atoms with Crippen LogP contribution in [-0.2, 0) is 11.2 Å². The summed E-state index contributed by atoms with van der Waals surface area (Å²) in [6, 6.07) is 2.33. The average molecular weight is 255 g/mol. The molecule has 1 N–H and O–H groups in total. The molecule has 1 saturated heterocycles. The first-order chi connectivity index (χ1) is 6.74. The molecule has 1 amide bonds. The minimum Gasteiger partial charge on any atom is -0.353 e. The third-order valence-corrected chi connectivity index (χ3v) is 2.76. The highest BCUT2D eigenvalue weighted by atomic mass is 79.9. The van der Waals surface area contributed by atoms with Gasteiger partial charge < -0.3 is 5.32 Å². The van der Waals surface area contributed by atoms with E-state index in [1.165, 1.54) is 0 Å². The molecular formula is C10H11BrN2O. The van der Waals surface area contributed by atoms with Crippen molar-refractivity contribution in [3.8, 4) is 0 Å². The summed E-state index contributed by atoms with van der Waals surface area (Å²) >= 11 is 3.37. The molecule has 1 atom stereocenters. The quantitative estimate of drug-likeness (QED) is 0.873. The predicted octanol–water partition coefficient (Wildman–Crippen LogP) is 1.67. The van der Waals surface area contributed by atoms with Crippen molar-refractivity contribution in [3.63, 3.8) is 0 Å². The first-order valence-corrected chi connectivity index (χ1v) is 5.42. The lowest BCUT2D eigenvalue weighted by molar-refractivity contribution is -0.119. The van der Waals surface area contributed by atoms with Gasteiger partial charge in [0.2, 0.25) is 5.91 Å². The molecule has 1 aromatic heterocycles. The monoisotopic (exact) mass is 254 g/mol. The largest absolute Gasteiger partial charge is 0.353 e. The highest BCUT2D eigenvalue weighted by molar-refractivity contribution is 9.10. The molecular weight excluding hydrogens is 244 g/mol. The van der Waals surface area contributed by atoms with Gasteiger partial charge in [0, 0.05) is 29.3 Å². The summed E-state index contributed by atoms with van der Waals surface area (Å²) in [5.41, 5.74) is 1.16. The van der Waals surface area contributed by atoms with Gasteiger partial charge in [0.1, 0.15) is 0 Å². The maximum absolute atomic E-state index is 11.0. The molecule has 1 fully saturated rings. The van der Waals surface area contributed by atoms with Crippen LogP contribution in [0.15, 0.2) is 22.9 Å². The number of halogens is 1. The number of pyridine rings is 1. The Morgan fingerprint density at radius 2 is 2.43 bits per heavy atom. The van der Waals surface area contributed by atoms with E-state index in [0.29, 0.717) is 12.5 Å². The van der Waals surface area contributed by atoms with Crippen LogP contribution in [0.25, 0.3) is 0 Å². The number of hydrogen-bond acceptors (Lipinski definition) is 2. The van der Waals surface area contributed by atoms with Crippen LogP contribution in [0.4, 0.5) is 0 Å². The Kier molecular flexibility index (Phi) is 2.82. The van der Waals surface area contributed by atoms with Crippen molar-refractivity contribution in [1.82, 2.24) is 10.3 Å². The summed E-state index contributed by atoms with van der Waals surface area (Å²) in [7, 11) is 0. The minimum absolute atomic E-state index is 0.165. The van der Waals surface area contributed by atoms with Crippen LogP contribution in [0, 0.1) is 0 Å². The van der Waals surface area contributed by atoms with Crippen LogP contribution >= 0.6 is 15.9 Å². The maximum atomic E-state index is 11.0. The van der Waals surface area contributed by atoms with Gasteiger partial charge in [-0.3, -0.25) is 9.78 Å². The topological polar surface area (TPSA) is 42.0 Å². The van der Waals surface area contributed by atoms with Crippen molar-refractivity contribution in [2.24, 2.45) is 0 Å². The molecule has 2 heterocycles.